The maximum atomic E-state index is 11.6. The Labute approximate surface area is 169 Å². The molecule has 2 aromatic carbocycles. The number of carbonyl (C=O) groups is 1. The normalized spacial score (nSPS) is 10.5. The summed E-state index contributed by atoms with van der Waals surface area (Å²) in [6.07, 6.45) is 0.528. The Hall–Kier alpha value is -3.48. The average molecular weight is 396 g/mol. The van der Waals surface area contributed by atoms with E-state index < -0.39 is 0 Å². The van der Waals surface area contributed by atoms with Crippen LogP contribution in [0.5, 0.6) is 23.0 Å². The fraction of sp³-hybridized carbons (Fsp3) is 0.273. The molecule has 3 rings (SSSR count). The van der Waals surface area contributed by atoms with Gasteiger partial charge in [-0.3, -0.25) is 4.79 Å². The van der Waals surface area contributed by atoms with Crippen molar-refractivity contribution in [2.24, 2.45) is 0 Å². The number of methoxy groups -OCH3 is 4. The van der Waals surface area contributed by atoms with E-state index in [0.29, 0.717) is 35.2 Å². The monoisotopic (exact) mass is 396 g/mol. The first-order chi connectivity index (χ1) is 14.0. The van der Waals surface area contributed by atoms with E-state index in [0.717, 1.165) is 22.0 Å². The van der Waals surface area contributed by atoms with Gasteiger partial charge in [0.05, 0.1) is 34.1 Å². The molecule has 3 aromatic rings. The number of nitrogens with zero attached hydrogens (tertiary/aromatic N) is 1. The summed E-state index contributed by atoms with van der Waals surface area (Å²) in [4.78, 5) is 16.2. The summed E-state index contributed by atoms with van der Waals surface area (Å²) in [5, 5.41) is 4.56. The highest BCUT2D eigenvalue weighted by Crippen LogP contribution is 2.35. The summed E-state index contributed by atoms with van der Waals surface area (Å²) < 4.78 is 21.6. The van der Waals surface area contributed by atoms with Crippen LogP contribution in [0.1, 0.15) is 18.2 Å². The lowest BCUT2D eigenvalue weighted by molar-refractivity contribution is -0.114. The Morgan fingerprint density at radius 2 is 1.48 bits per heavy atom. The maximum absolute atomic E-state index is 11.6. The van der Waals surface area contributed by atoms with Crippen molar-refractivity contribution in [3.05, 3.63) is 47.7 Å². The Morgan fingerprint density at radius 3 is 2.10 bits per heavy atom. The van der Waals surface area contributed by atoms with Crippen molar-refractivity contribution in [1.29, 1.82) is 0 Å². The van der Waals surface area contributed by atoms with E-state index >= 15 is 0 Å². The van der Waals surface area contributed by atoms with Crippen molar-refractivity contribution in [3.8, 4) is 23.0 Å². The largest absolute Gasteiger partial charge is 0.493 e. The SMILES string of the molecule is COc1ccc(Cc2nc(NC(C)=O)cc3cc(OC)c(OC)cc23)cc1OC. The molecule has 0 aliphatic rings. The Morgan fingerprint density at radius 1 is 0.862 bits per heavy atom. The van der Waals surface area contributed by atoms with Gasteiger partial charge in [0.2, 0.25) is 5.91 Å². The fourth-order valence-electron chi connectivity index (χ4n) is 3.21. The zero-order chi connectivity index (χ0) is 21.0. The zero-order valence-corrected chi connectivity index (χ0v) is 17.2. The summed E-state index contributed by atoms with van der Waals surface area (Å²) >= 11 is 0. The molecule has 1 heterocycles. The third-order valence-electron chi connectivity index (χ3n) is 4.54. The third kappa shape index (κ3) is 4.34. The molecule has 7 heteroatoms. The van der Waals surface area contributed by atoms with Gasteiger partial charge in [0, 0.05) is 18.7 Å². The molecule has 0 aliphatic carbocycles. The number of ether oxygens (including phenoxy) is 4. The maximum Gasteiger partial charge on any atom is 0.222 e. The minimum absolute atomic E-state index is 0.186. The van der Waals surface area contributed by atoms with Crippen LogP contribution in [0.2, 0.25) is 0 Å². The van der Waals surface area contributed by atoms with E-state index in [1.807, 2.05) is 36.4 Å². The van der Waals surface area contributed by atoms with Crippen LogP contribution in [0, 0.1) is 0 Å². The molecule has 0 spiro atoms. The number of aromatic nitrogens is 1. The Balaban J connectivity index is 2.14. The molecule has 0 saturated heterocycles. The zero-order valence-electron chi connectivity index (χ0n) is 17.2. The van der Waals surface area contributed by atoms with Gasteiger partial charge in [0.1, 0.15) is 5.82 Å². The number of hydrogen-bond acceptors (Lipinski definition) is 6. The molecule has 0 atom stereocenters. The summed E-state index contributed by atoms with van der Waals surface area (Å²) in [6.45, 7) is 1.45. The molecule has 0 radical (unpaired) electrons. The number of nitrogens with one attached hydrogen (secondary N) is 1. The van der Waals surface area contributed by atoms with Crippen LogP contribution in [0.4, 0.5) is 5.82 Å². The second-order valence-corrected chi connectivity index (χ2v) is 6.43. The van der Waals surface area contributed by atoms with Gasteiger partial charge in [-0.05, 0) is 41.3 Å². The highest BCUT2D eigenvalue weighted by molar-refractivity contribution is 5.94. The molecule has 1 N–H and O–H groups in total. The first-order valence-corrected chi connectivity index (χ1v) is 9.03. The lowest BCUT2D eigenvalue weighted by atomic mass is 10.0. The van der Waals surface area contributed by atoms with E-state index in [1.54, 1.807) is 28.4 Å². The van der Waals surface area contributed by atoms with Crippen LogP contribution in [-0.4, -0.2) is 39.3 Å². The van der Waals surface area contributed by atoms with Gasteiger partial charge in [0.25, 0.3) is 0 Å². The van der Waals surface area contributed by atoms with Crippen LogP contribution in [0.15, 0.2) is 36.4 Å². The second-order valence-electron chi connectivity index (χ2n) is 6.43. The van der Waals surface area contributed by atoms with Gasteiger partial charge in [-0.2, -0.15) is 0 Å². The van der Waals surface area contributed by atoms with E-state index in [9.17, 15) is 4.79 Å². The lowest BCUT2D eigenvalue weighted by Gasteiger charge is -2.14. The average Bonchev–Trinajstić information content (AvgIpc) is 2.72. The predicted molar refractivity (Wildman–Crippen MR) is 112 cm³/mol. The number of anilines is 1. The van der Waals surface area contributed by atoms with Crippen molar-refractivity contribution < 1.29 is 23.7 Å². The molecular weight excluding hydrogens is 372 g/mol. The van der Waals surface area contributed by atoms with Gasteiger partial charge in [0.15, 0.2) is 23.0 Å². The van der Waals surface area contributed by atoms with Gasteiger partial charge < -0.3 is 24.3 Å². The number of carbonyl (C=O) groups excluding carboxylic acids is 1. The minimum Gasteiger partial charge on any atom is -0.493 e. The topological polar surface area (TPSA) is 78.9 Å². The highest BCUT2D eigenvalue weighted by Gasteiger charge is 2.14. The van der Waals surface area contributed by atoms with E-state index in [-0.39, 0.29) is 5.91 Å². The van der Waals surface area contributed by atoms with Crippen LogP contribution in [0.3, 0.4) is 0 Å². The standard InChI is InChI=1S/C22H24N2O5/c1-13(25)23-22-11-15-10-20(28-4)21(29-5)12-16(15)17(24-22)8-14-6-7-18(26-2)19(9-14)27-3/h6-7,9-12H,8H2,1-5H3,(H,23,24,25). The molecule has 0 aliphatic heterocycles. The molecule has 0 saturated carbocycles. The second kappa shape index (κ2) is 8.68. The Kier molecular flexibility index (Phi) is 6.07. The fourth-order valence-corrected chi connectivity index (χ4v) is 3.21. The number of hydrogen-bond donors (Lipinski definition) is 1. The number of amides is 1. The minimum atomic E-state index is -0.186. The predicted octanol–water partition coefficient (Wildman–Crippen LogP) is 3.82. The smallest absolute Gasteiger partial charge is 0.222 e. The van der Waals surface area contributed by atoms with Crippen LogP contribution < -0.4 is 24.3 Å². The molecular formula is C22H24N2O5. The molecule has 29 heavy (non-hydrogen) atoms. The van der Waals surface area contributed by atoms with Crippen molar-refractivity contribution in [3.63, 3.8) is 0 Å². The molecule has 0 bridgehead atoms. The van der Waals surface area contributed by atoms with Crippen LogP contribution >= 0.6 is 0 Å². The number of rotatable bonds is 7. The lowest BCUT2D eigenvalue weighted by Crippen LogP contribution is -2.09. The summed E-state index contributed by atoms with van der Waals surface area (Å²) in [7, 11) is 6.38. The molecule has 0 unspecified atom stereocenters. The first-order valence-electron chi connectivity index (χ1n) is 9.03. The molecule has 0 fully saturated rings. The van der Waals surface area contributed by atoms with E-state index in [4.69, 9.17) is 18.9 Å². The number of fused-ring (bicyclic) bond motifs is 1. The van der Waals surface area contributed by atoms with Crippen molar-refractivity contribution in [1.82, 2.24) is 4.98 Å². The van der Waals surface area contributed by atoms with Gasteiger partial charge in [-0.25, -0.2) is 4.98 Å². The van der Waals surface area contributed by atoms with Crippen molar-refractivity contribution in [2.45, 2.75) is 13.3 Å². The van der Waals surface area contributed by atoms with E-state index in [2.05, 4.69) is 10.3 Å². The van der Waals surface area contributed by atoms with Crippen molar-refractivity contribution >= 4 is 22.5 Å². The van der Waals surface area contributed by atoms with Gasteiger partial charge in [-0.1, -0.05) is 6.07 Å². The van der Waals surface area contributed by atoms with Crippen LogP contribution in [0.25, 0.3) is 10.8 Å². The van der Waals surface area contributed by atoms with Crippen LogP contribution in [-0.2, 0) is 11.2 Å². The van der Waals surface area contributed by atoms with Gasteiger partial charge in [-0.15, -0.1) is 0 Å². The number of pyridine rings is 1. The molecule has 1 aromatic heterocycles. The summed E-state index contributed by atoms with van der Waals surface area (Å²) in [6, 6.07) is 11.3. The Bertz CT molecular complexity index is 1050. The first kappa shape index (κ1) is 20.3. The number of benzene rings is 2. The summed E-state index contributed by atoms with van der Waals surface area (Å²) in [5.41, 5.74) is 1.78. The quantitative estimate of drug-likeness (QED) is 0.654. The third-order valence-corrected chi connectivity index (χ3v) is 4.54. The van der Waals surface area contributed by atoms with Crippen molar-refractivity contribution in [2.75, 3.05) is 33.8 Å². The molecule has 1 amide bonds. The molecule has 152 valence electrons. The highest BCUT2D eigenvalue weighted by atomic mass is 16.5. The summed E-state index contributed by atoms with van der Waals surface area (Å²) in [5.74, 6) is 2.82. The molecule has 7 nitrogen and oxygen atoms in total. The van der Waals surface area contributed by atoms with E-state index in [1.165, 1.54) is 6.92 Å². The van der Waals surface area contributed by atoms with Gasteiger partial charge >= 0.3 is 0 Å².